The van der Waals surface area contributed by atoms with E-state index >= 15 is 0 Å². The maximum Gasteiger partial charge on any atom is 0.261 e. The van der Waals surface area contributed by atoms with Gasteiger partial charge in [-0.05, 0) is 36.6 Å². The highest BCUT2D eigenvalue weighted by molar-refractivity contribution is 7.99. The normalized spacial score (nSPS) is 25.7. The Morgan fingerprint density at radius 1 is 0.857 bits per heavy atom. The number of fused-ring (bicyclic) bond motifs is 2. The Kier molecular flexibility index (Phi) is 5.63. The lowest BCUT2D eigenvalue weighted by Crippen LogP contribution is -2.55. The van der Waals surface area contributed by atoms with Gasteiger partial charge in [0.25, 0.3) is 11.8 Å². The van der Waals surface area contributed by atoms with Gasteiger partial charge in [-0.3, -0.25) is 29.0 Å². The Labute approximate surface area is 208 Å². The molecule has 0 radical (unpaired) electrons. The topological polar surface area (TPSA) is 78.0 Å². The van der Waals surface area contributed by atoms with E-state index in [1.54, 1.807) is 40.9 Å². The summed E-state index contributed by atoms with van der Waals surface area (Å²) >= 11 is 1.72. The molecular weight excluding hydrogens is 462 g/mol. The Hall–Kier alpha value is -3.13. The van der Waals surface area contributed by atoms with E-state index in [4.69, 9.17) is 0 Å². The Morgan fingerprint density at radius 3 is 2.26 bits per heavy atom. The first kappa shape index (κ1) is 22.3. The first-order valence-corrected chi connectivity index (χ1v) is 13.5. The van der Waals surface area contributed by atoms with Crippen molar-refractivity contribution in [2.75, 3.05) is 23.1 Å². The molecule has 0 unspecified atom stereocenters. The average Bonchev–Trinajstić information content (AvgIpc) is 3.61. The number of rotatable bonds is 3. The van der Waals surface area contributed by atoms with E-state index in [9.17, 15) is 19.2 Å². The van der Waals surface area contributed by atoms with Crippen molar-refractivity contribution < 1.29 is 19.2 Å². The number of benzene rings is 2. The monoisotopic (exact) mass is 489 g/mol. The van der Waals surface area contributed by atoms with E-state index in [1.807, 2.05) is 29.2 Å². The number of imide groups is 1. The highest BCUT2D eigenvalue weighted by Crippen LogP contribution is 2.40. The minimum atomic E-state index is -0.580. The molecule has 4 aliphatic rings. The Bertz CT molecular complexity index is 1190. The smallest absolute Gasteiger partial charge is 0.261 e. The van der Waals surface area contributed by atoms with Crippen LogP contribution >= 0.6 is 11.8 Å². The van der Waals surface area contributed by atoms with Crippen LogP contribution in [0.5, 0.6) is 0 Å². The number of amides is 4. The second-order valence-corrected chi connectivity index (χ2v) is 10.8. The number of carbonyl (C=O) groups excluding carboxylic acids is 4. The molecule has 3 aliphatic heterocycles. The first-order chi connectivity index (χ1) is 17.1. The molecule has 3 heterocycles. The average molecular weight is 490 g/mol. The number of carbonyl (C=O) groups is 4. The summed E-state index contributed by atoms with van der Waals surface area (Å²) in [6.45, 7) is 0.694. The lowest BCUT2D eigenvalue weighted by molar-refractivity contribution is -0.134. The van der Waals surface area contributed by atoms with Gasteiger partial charge < -0.3 is 4.90 Å². The number of nitrogens with zero attached hydrogens (tertiary/aromatic N) is 3. The second kappa shape index (κ2) is 8.82. The van der Waals surface area contributed by atoms with Gasteiger partial charge in [-0.2, -0.15) is 0 Å². The SMILES string of the molecule is O=C([C@@H]1Cc2ccccc2N1C(=O)[C@H]1CCCC[C@H]1N1C(=O)c2ccccc2C1=O)N1CCSC1. The molecule has 2 fully saturated rings. The number of anilines is 1. The number of thioether (sulfide) groups is 1. The van der Waals surface area contributed by atoms with Gasteiger partial charge >= 0.3 is 0 Å². The van der Waals surface area contributed by atoms with Gasteiger partial charge in [0.05, 0.1) is 29.0 Å². The lowest BCUT2D eigenvalue weighted by atomic mass is 9.82. The third kappa shape index (κ3) is 3.57. The molecule has 2 aromatic rings. The molecule has 35 heavy (non-hydrogen) atoms. The standard InChI is InChI=1S/C27H27N3O4S/c31-24-18-8-2-3-9-19(18)25(32)30(24)22-12-6-4-10-20(22)26(33)29-21-11-5-1-7-17(21)15-23(29)27(34)28-13-14-35-16-28/h1-3,5,7-9,11,20,22-23H,4,6,10,12-16H2/t20-,22+,23-/m0/s1. The quantitative estimate of drug-likeness (QED) is 0.618. The summed E-state index contributed by atoms with van der Waals surface area (Å²) in [6.07, 6.45) is 3.39. The van der Waals surface area contributed by atoms with Gasteiger partial charge in [0.1, 0.15) is 6.04 Å². The molecule has 0 bridgehead atoms. The van der Waals surface area contributed by atoms with Crippen molar-refractivity contribution in [1.82, 2.24) is 9.80 Å². The summed E-state index contributed by atoms with van der Waals surface area (Å²) in [5, 5.41) is 0. The fourth-order valence-corrected chi connectivity index (χ4v) is 7.01. The summed E-state index contributed by atoms with van der Waals surface area (Å²) in [5.74, 6) is 0.214. The molecule has 1 aliphatic carbocycles. The number of hydrogen-bond acceptors (Lipinski definition) is 5. The molecular formula is C27H27N3O4S. The predicted octanol–water partition coefficient (Wildman–Crippen LogP) is 3.33. The van der Waals surface area contributed by atoms with Gasteiger partial charge in [0, 0.05) is 24.4 Å². The molecule has 1 saturated heterocycles. The summed E-state index contributed by atoms with van der Waals surface area (Å²) in [4.78, 5) is 59.1. The first-order valence-electron chi connectivity index (χ1n) is 12.3. The van der Waals surface area contributed by atoms with E-state index in [-0.39, 0.29) is 23.6 Å². The summed E-state index contributed by atoms with van der Waals surface area (Å²) in [5.41, 5.74) is 2.56. The molecule has 4 amide bonds. The van der Waals surface area contributed by atoms with E-state index in [1.165, 1.54) is 4.90 Å². The van der Waals surface area contributed by atoms with E-state index in [0.717, 1.165) is 29.8 Å². The van der Waals surface area contributed by atoms with E-state index in [2.05, 4.69) is 0 Å². The van der Waals surface area contributed by atoms with Gasteiger partial charge in [-0.1, -0.05) is 43.2 Å². The van der Waals surface area contributed by atoms with Crippen LogP contribution in [0.1, 0.15) is 52.0 Å². The fraction of sp³-hybridized carbons (Fsp3) is 0.407. The van der Waals surface area contributed by atoms with Crippen molar-refractivity contribution in [3.8, 4) is 0 Å². The van der Waals surface area contributed by atoms with Crippen LogP contribution in [0.3, 0.4) is 0 Å². The zero-order chi connectivity index (χ0) is 24.1. The molecule has 0 spiro atoms. The van der Waals surface area contributed by atoms with Crippen molar-refractivity contribution in [2.24, 2.45) is 5.92 Å². The van der Waals surface area contributed by atoms with E-state index in [0.29, 0.717) is 42.8 Å². The Balaban J connectivity index is 1.34. The van der Waals surface area contributed by atoms with Crippen LogP contribution in [0.15, 0.2) is 48.5 Å². The van der Waals surface area contributed by atoms with Crippen LogP contribution in [0.2, 0.25) is 0 Å². The van der Waals surface area contributed by atoms with Crippen LogP contribution < -0.4 is 4.90 Å². The molecule has 0 N–H and O–H groups in total. The number of hydrogen-bond donors (Lipinski definition) is 0. The predicted molar refractivity (Wildman–Crippen MR) is 133 cm³/mol. The van der Waals surface area contributed by atoms with Crippen LogP contribution in [0.25, 0.3) is 0 Å². The van der Waals surface area contributed by atoms with Crippen molar-refractivity contribution in [1.29, 1.82) is 0 Å². The highest BCUT2D eigenvalue weighted by Gasteiger charge is 2.49. The Morgan fingerprint density at radius 2 is 1.54 bits per heavy atom. The molecule has 7 nitrogen and oxygen atoms in total. The molecule has 1 saturated carbocycles. The minimum Gasteiger partial charge on any atom is -0.331 e. The fourth-order valence-electron chi connectivity index (χ4n) is 6.05. The number of para-hydroxylation sites is 1. The molecule has 2 aromatic carbocycles. The second-order valence-electron chi connectivity index (χ2n) is 9.68. The maximum absolute atomic E-state index is 14.2. The highest BCUT2D eigenvalue weighted by atomic mass is 32.2. The van der Waals surface area contributed by atoms with Crippen molar-refractivity contribution in [2.45, 2.75) is 44.2 Å². The zero-order valence-electron chi connectivity index (χ0n) is 19.4. The maximum atomic E-state index is 14.2. The molecule has 3 atom stereocenters. The van der Waals surface area contributed by atoms with Crippen molar-refractivity contribution in [3.63, 3.8) is 0 Å². The van der Waals surface area contributed by atoms with Crippen LogP contribution in [-0.2, 0) is 16.0 Å². The van der Waals surface area contributed by atoms with Gasteiger partial charge in [-0.15, -0.1) is 11.8 Å². The largest absolute Gasteiger partial charge is 0.331 e. The third-order valence-corrected chi connectivity index (χ3v) is 8.73. The minimum absolute atomic E-state index is 0.0207. The van der Waals surface area contributed by atoms with Crippen LogP contribution in [0, 0.1) is 5.92 Å². The summed E-state index contributed by atoms with van der Waals surface area (Å²) in [7, 11) is 0. The summed E-state index contributed by atoms with van der Waals surface area (Å²) < 4.78 is 0. The van der Waals surface area contributed by atoms with Crippen molar-refractivity contribution in [3.05, 3.63) is 65.2 Å². The van der Waals surface area contributed by atoms with Crippen molar-refractivity contribution >= 4 is 41.1 Å². The molecule has 0 aromatic heterocycles. The lowest BCUT2D eigenvalue weighted by Gasteiger charge is -2.39. The van der Waals surface area contributed by atoms with Gasteiger partial charge in [-0.25, -0.2) is 0 Å². The van der Waals surface area contributed by atoms with Crippen LogP contribution in [0.4, 0.5) is 5.69 Å². The van der Waals surface area contributed by atoms with Crippen LogP contribution in [-0.4, -0.2) is 63.7 Å². The summed E-state index contributed by atoms with van der Waals surface area (Å²) in [6, 6.07) is 13.5. The molecule has 180 valence electrons. The zero-order valence-corrected chi connectivity index (χ0v) is 20.2. The van der Waals surface area contributed by atoms with E-state index < -0.39 is 18.0 Å². The van der Waals surface area contributed by atoms with Gasteiger partial charge in [0.2, 0.25) is 11.8 Å². The molecule has 6 rings (SSSR count). The molecule has 8 heteroatoms. The van der Waals surface area contributed by atoms with Gasteiger partial charge in [0.15, 0.2) is 0 Å². The third-order valence-electron chi connectivity index (χ3n) is 7.77.